The molecular formula is C16H33NO2. The molecule has 1 rings (SSSR count). The van der Waals surface area contributed by atoms with E-state index in [1.807, 2.05) is 0 Å². The van der Waals surface area contributed by atoms with Gasteiger partial charge in [-0.2, -0.15) is 0 Å². The summed E-state index contributed by atoms with van der Waals surface area (Å²) in [6.07, 6.45) is 6.13. The Kier molecular flexibility index (Phi) is 7.33. The van der Waals surface area contributed by atoms with Crippen LogP contribution in [0.4, 0.5) is 0 Å². The normalized spacial score (nSPS) is 31.1. The molecule has 0 heterocycles. The van der Waals surface area contributed by atoms with Gasteiger partial charge in [0.15, 0.2) is 0 Å². The molecule has 19 heavy (non-hydrogen) atoms. The van der Waals surface area contributed by atoms with Gasteiger partial charge in [0.05, 0.1) is 12.7 Å². The highest BCUT2D eigenvalue weighted by molar-refractivity contribution is 4.82. The summed E-state index contributed by atoms with van der Waals surface area (Å²) in [5.41, 5.74) is -0.193. The fraction of sp³-hybridized carbons (Fsp3) is 1.00. The van der Waals surface area contributed by atoms with Crippen molar-refractivity contribution in [3.63, 3.8) is 0 Å². The molecule has 1 aliphatic rings. The van der Waals surface area contributed by atoms with E-state index in [9.17, 15) is 5.11 Å². The zero-order valence-corrected chi connectivity index (χ0v) is 13.2. The summed E-state index contributed by atoms with van der Waals surface area (Å²) < 4.78 is 6.05. The highest BCUT2D eigenvalue weighted by Gasteiger charge is 2.26. The van der Waals surface area contributed by atoms with E-state index >= 15 is 0 Å². The summed E-state index contributed by atoms with van der Waals surface area (Å²) in [7, 11) is 0. The maximum atomic E-state index is 9.51. The molecule has 0 bridgehead atoms. The zero-order chi connectivity index (χ0) is 14.3. The van der Waals surface area contributed by atoms with Gasteiger partial charge in [0.25, 0.3) is 0 Å². The van der Waals surface area contributed by atoms with Crippen molar-refractivity contribution in [2.24, 2.45) is 11.8 Å². The highest BCUT2D eigenvalue weighted by atomic mass is 16.5. The Balaban J connectivity index is 2.27. The van der Waals surface area contributed by atoms with E-state index < -0.39 is 0 Å². The van der Waals surface area contributed by atoms with Crippen LogP contribution in [0.1, 0.15) is 59.8 Å². The lowest BCUT2D eigenvalue weighted by molar-refractivity contribution is -0.0113. The molecular weight excluding hydrogens is 238 g/mol. The van der Waals surface area contributed by atoms with Crippen molar-refractivity contribution < 1.29 is 9.84 Å². The average molecular weight is 271 g/mol. The van der Waals surface area contributed by atoms with E-state index in [4.69, 9.17) is 4.74 Å². The van der Waals surface area contributed by atoms with E-state index in [1.54, 1.807) is 0 Å². The number of hydrogen-bond acceptors (Lipinski definition) is 3. The first-order valence-electron chi connectivity index (χ1n) is 7.96. The van der Waals surface area contributed by atoms with Crippen LogP contribution < -0.4 is 5.32 Å². The molecule has 0 spiro atoms. The predicted octanol–water partition coefficient (Wildman–Crippen LogP) is 2.97. The van der Waals surface area contributed by atoms with Gasteiger partial charge < -0.3 is 15.2 Å². The average Bonchev–Trinajstić information content (AvgIpc) is 2.35. The maximum Gasteiger partial charge on any atom is 0.0611 e. The zero-order valence-electron chi connectivity index (χ0n) is 13.2. The second kappa shape index (κ2) is 8.23. The Morgan fingerprint density at radius 3 is 2.37 bits per heavy atom. The van der Waals surface area contributed by atoms with Gasteiger partial charge in [-0.25, -0.2) is 0 Å². The van der Waals surface area contributed by atoms with Crippen LogP contribution >= 0.6 is 0 Å². The molecule has 0 aromatic carbocycles. The van der Waals surface area contributed by atoms with Gasteiger partial charge in [-0.15, -0.1) is 0 Å². The lowest BCUT2D eigenvalue weighted by atomic mass is 9.82. The molecule has 2 N–H and O–H groups in total. The Morgan fingerprint density at radius 2 is 1.84 bits per heavy atom. The fourth-order valence-electron chi connectivity index (χ4n) is 3.11. The molecule has 0 aliphatic heterocycles. The van der Waals surface area contributed by atoms with Crippen LogP contribution in [0.15, 0.2) is 0 Å². The van der Waals surface area contributed by atoms with Gasteiger partial charge >= 0.3 is 0 Å². The van der Waals surface area contributed by atoms with Crippen LogP contribution in [0.25, 0.3) is 0 Å². The van der Waals surface area contributed by atoms with E-state index in [2.05, 4.69) is 33.0 Å². The second-order valence-electron chi connectivity index (χ2n) is 6.81. The monoisotopic (exact) mass is 271 g/mol. The lowest BCUT2D eigenvalue weighted by Gasteiger charge is -2.33. The lowest BCUT2D eigenvalue weighted by Crippen LogP contribution is -2.47. The number of ether oxygens (including phenoxy) is 1. The Bertz CT molecular complexity index is 237. The predicted molar refractivity (Wildman–Crippen MR) is 80.3 cm³/mol. The molecule has 3 nitrogen and oxygen atoms in total. The number of hydrogen-bond donors (Lipinski definition) is 2. The van der Waals surface area contributed by atoms with Crippen LogP contribution in [0.5, 0.6) is 0 Å². The van der Waals surface area contributed by atoms with Crippen molar-refractivity contribution >= 4 is 0 Å². The minimum absolute atomic E-state index is 0.174. The summed E-state index contributed by atoms with van der Waals surface area (Å²) in [6.45, 7) is 10.8. The first-order valence-corrected chi connectivity index (χ1v) is 7.96. The smallest absolute Gasteiger partial charge is 0.0611 e. The summed E-state index contributed by atoms with van der Waals surface area (Å²) in [6, 6.07) is 0. The van der Waals surface area contributed by atoms with Gasteiger partial charge in [0.2, 0.25) is 0 Å². The van der Waals surface area contributed by atoms with E-state index in [-0.39, 0.29) is 12.1 Å². The summed E-state index contributed by atoms with van der Waals surface area (Å²) >= 11 is 0. The first-order chi connectivity index (χ1) is 8.99. The number of rotatable bonds is 8. The van der Waals surface area contributed by atoms with Crippen LogP contribution in [-0.4, -0.2) is 36.5 Å². The fourth-order valence-corrected chi connectivity index (χ4v) is 3.11. The van der Waals surface area contributed by atoms with Gasteiger partial charge in [-0.3, -0.25) is 0 Å². The van der Waals surface area contributed by atoms with E-state index in [1.165, 1.54) is 19.3 Å². The molecule has 3 atom stereocenters. The molecule has 1 aliphatic carbocycles. The quantitative estimate of drug-likeness (QED) is 0.713. The molecule has 0 aromatic rings. The van der Waals surface area contributed by atoms with Gasteiger partial charge in [-0.1, -0.05) is 20.8 Å². The molecule has 0 radical (unpaired) electrons. The summed E-state index contributed by atoms with van der Waals surface area (Å²) in [5.74, 6) is 1.58. The minimum atomic E-state index is -0.193. The number of nitrogens with one attached hydrogen (secondary N) is 1. The van der Waals surface area contributed by atoms with E-state index in [0.29, 0.717) is 6.10 Å². The van der Waals surface area contributed by atoms with Gasteiger partial charge in [-0.05, 0) is 57.4 Å². The van der Waals surface area contributed by atoms with Gasteiger partial charge in [0.1, 0.15) is 0 Å². The molecule has 0 aromatic heterocycles. The standard InChI is InChI=1S/C16H33NO2/c1-5-7-17-16(4,12-18)6-8-19-15-10-13(2)9-14(3)11-15/h13-15,17-18H,5-12H2,1-4H3. The van der Waals surface area contributed by atoms with Crippen LogP contribution in [0.3, 0.4) is 0 Å². The van der Waals surface area contributed by atoms with Crippen molar-refractivity contribution in [2.75, 3.05) is 19.8 Å². The molecule has 3 heteroatoms. The summed E-state index contributed by atoms with van der Waals surface area (Å²) in [5, 5.41) is 12.9. The molecule has 1 saturated carbocycles. The topological polar surface area (TPSA) is 41.5 Å². The van der Waals surface area contributed by atoms with Crippen LogP contribution in [0, 0.1) is 11.8 Å². The third-order valence-electron chi connectivity index (χ3n) is 4.29. The molecule has 3 unspecified atom stereocenters. The van der Waals surface area contributed by atoms with Crippen molar-refractivity contribution in [2.45, 2.75) is 71.4 Å². The van der Waals surface area contributed by atoms with Crippen LogP contribution in [-0.2, 0) is 4.74 Å². The second-order valence-corrected chi connectivity index (χ2v) is 6.81. The number of aliphatic hydroxyl groups excluding tert-OH is 1. The number of aliphatic hydroxyl groups is 1. The third-order valence-corrected chi connectivity index (χ3v) is 4.29. The van der Waals surface area contributed by atoms with Crippen molar-refractivity contribution in [1.29, 1.82) is 0 Å². The molecule has 114 valence electrons. The SMILES string of the molecule is CCCNC(C)(CO)CCOC1CC(C)CC(C)C1. The van der Waals surface area contributed by atoms with Crippen molar-refractivity contribution in [3.8, 4) is 0 Å². The van der Waals surface area contributed by atoms with Crippen molar-refractivity contribution in [3.05, 3.63) is 0 Å². The largest absolute Gasteiger partial charge is 0.394 e. The Hall–Kier alpha value is -0.120. The first kappa shape index (κ1) is 16.9. The summed E-state index contributed by atoms with van der Waals surface area (Å²) in [4.78, 5) is 0. The maximum absolute atomic E-state index is 9.51. The Labute approximate surface area is 119 Å². The molecule has 1 fully saturated rings. The highest BCUT2D eigenvalue weighted by Crippen LogP contribution is 2.30. The van der Waals surface area contributed by atoms with Crippen molar-refractivity contribution in [1.82, 2.24) is 5.32 Å². The molecule has 0 saturated heterocycles. The van der Waals surface area contributed by atoms with Crippen LogP contribution in [0.2, 0.25) is 0 Å². The van der Waals surface area contributed by atoms with E-state index in [0.717, 1.165) is 37.8 Å². The Morgan fingerprint density at radius 1 is 1.21 bits per heavy atom. The van der Waals surface area contributed by atoms with Gasteiger partial charge in [0, 0.05) is 12.1 Å². The minimum Gasteiger partial charge on any atom is -0.394 e. The molecule has 0 amide bonds. The third kappa shape index (κ3) is 6.24.